The molecule has 2 aromatic rings. The van der Waals surface area contributed by atoms with Crippen LogP contribution in [-0.4, -0.2) is 65.6 Å². The second-order valence-electron chi connectivity index (χ2n) is 10.3. The lowest BCUT2D eigenvalue weighted by molar-refractivity contribution is 0.0185. The Kier molecular flexibility index (Phi) is 7.62. The summed E-state index contributed by atoms with van der Waals surface area (Å²) in [6.07, 6.45) is 10.5. The van der Waals surface area contributed by atoms with Gasteiger partial charge in [-0.2, -0.15) is 10.4 Å². The van der Waals surface area contributed by atoms with Gasteiger partial charge in [-0.25, -0.2) is 9.79 Å². The van der Waals surface area contributed by atoms with Crippen molar-refractivity contribution in [3.63, 3.8) is 0 Å². The molecule has 0 saturated carbocycles. The molecule has 1 aromatic heterocycles. The van der Waals surface area contributed by atoms with Crippen LogP contribution < -0.4 is 10.6 Å². The number of nitrogens with two attached hydrogens (primary N) is 1. The van der Waals surface area contributed by atoms with Crippen LogP contribution in [0.25, 0.3) is 5.70 Å². The fourth-order valence-electron chi connectivity index (χ4n) is 4.69. The van der Waals surface area contributed by atoms with E-state index in [4.69, 9.17) is 10.5 Å². The molecule has 10 nitrogen and oxygen atoms in total. The van der Waals surface area contributed by atoms with E-state index >= 15 is 0 Å². The van der Waals surface area contributed by atoms with Crippen molar-refractivity contribution >= 4 is 35.7 Å². The number of carbonyl (C=O) groups is 1. The highest BCUT2D eigenvalue weighted by Crippen LogP contribution is 2.34. The number of carbonyl (C=O) groups excluding carboxylic acids is 1. The van der Waals surface area contributed by atoms with E-state index in [9.17, 15) is 10.1 Å². The van der Waals surface area contributed by atoms with Crippen molar-refractivity contribution in [2.45, 2.75) is 51.7 Å². The number of benzene rings is 1. The molecule has 1 aromatic carbocycles. The van der Waals surface area contributed by atoms with Gasteiger partial charge < -0.3 is 20.3 Å². The summed E-state index contributed by atoms with van der Waals surface area (Å²) in [5.74, 6) is 0. The SMILES string of the molecule is CN1CCc2cc(/C(=C/C=Nc3cnn(C4CCN(C(=O)OC(C)(C)C)CC4)c3)N=CN)cc(C#N)c21. The van der Waals surface area contributed by atoms with E-state index in [1.54, 1.807) is 23.4 Å². The Labute approximate surface area is 217 Å². The predicted octanol–water partition coefficient (Wildman–Crippen LogP) is 4.05. The first-order valence-electron chi connectivity index (χ1n) is 12.5. The highest BCUT2D eigenvalue weighted by atomic mass is 16.6. The van der Waals surface area contributed by atoms with E-state index in [2.05, 4.69) is 32.1 Å². The largest absolute Gasteiger partial charge is 0.444 e. The number of ether oxygens (including phenoxy) is 1. The van der Waals surface area contributed by atoms with Crippen LogP contribution in [0, 0.1) is 11.3 Å². The summed E-state index contributed by atoms with van der Waals surface area (Å²) in [7, 11) is 2.00. The monoisotopic (exact) mass is 502 g/mol. The lowest BCUT2D eigenvalue weighted by Gasteiger charge is -2.33. The number of piperidine rings is 1. The van der Waals surface area contributed by atoms with Crippen molar-refractivity contribution in [1.82, 2.24) is 14.7 Å². The lowest BCUT2D eigenvalue weighted by Crippen LogP contribution is -2.42. The van der Waals surface area contributed by atoms with E-state index in [0.717, 1.165) is 48.3 Å². The summed E-state index contributed by atoms with van der Waals surface area (Å²) in [5.41, 5.74) is 10.0. The zero-order chi connectivity index (χ0) is 26.6. The van der Waals surface area contributed by atoms with Gasteiger partial charge in [-0.15, -0.1) is 0 Å². The maximum Gasteiger partial charge on any atom is 0.410 e. The van der Waals surface area contributed by atoms with Crippen LogP contribution in [0.4, 0.5) is 16.2 Å². The first kappa shape index (κ1) is 25.9. The molecular formula is C27H34N8O2. The van der Waals surface area contributed by atoms with Crippen LogP contribution >= 0.6 is 0 Å². The molecule has 0 aliphatic carbocycles. The van der Waals surface area contributed by atoms with Crippen LogP contribution in [0.15, 0.2) is 40.6 Å². The molecule has 194 valence electrons. The van der Waals surface area contributed by atoms with E-state index in [-0.39, 0.29) is 12.1 Å². The molecule has 0 atom stereocenters. The third-order valence-electron chi connectivity index (χ3n) is 6.45. The molecule has 1 fully saturated rings. The Morgan fingerprint density at radius 1 is 1.27 bits per heavy atom. The molecule has 0 radical (unpaired) electrons. The van der Waals surface area contributed by atoms with Crippen molar-refractivity contribution in [1.29, 1.82) is 5.26 Å². The summed E-state index contributed by atoms with van der Waals surface area (Å²) in [4.78, 5) is 25.0. The first-order chi connectivity index (χ1) is 17.7. The number of amides is 1. The summed E-state index contributed by atoms with van der Waals surface area (Å²) >= 11 is 0. The number of likely N-dealkylation sites (N-methyl/N-ethyl adjacent to an activating group) is 1. The van der Waals surface area contributed by atoms with Gasteiger partial charge in [-0.05, 0) is 63.8 Å². The fraction of sp³-hybridized carbons (Fsp3) is 0.444. The number of aromatic nitrogens is 2. The minimum Gasteiger partial charge on any atom is -0.444 e. The summed E-state index contributed by atoms with van der Waals surface area (Å²) in [6, 6.07) is 6.41. The van der Waals surface area contributed by atoms with Gasteiger partial charge in [0.2, 0.25) is 0 Å². The highest BCUT2D eigenvalue weighted by Gasteiger charge is 2.28. The Bertz CT molecular complexity index is 1270. The average Bonchev–Trinajstić information content (AvgIpc) is 3.49. The lowest BCUT2D eigenvalue weighted by atomic mass is 10.0. The van der Waals surface area contributed by atoms with Gasteiger partial charge in [0.15, 0.2) is 0 Å². The molecule has 0 unspecified atom stereocenters. The van der Waals surface area contributed by atoms with Crippen molar-refractivity contribution < 1.29 is 9.53 Å². The number of allylic oxidation sites excluding steroid dienone is 1. The fourth-order valence-corrected chi connectivity index (χ4v) is 4.69. The minimum absolute atomic E-state index is 0.199. The van der Waals surface area contributed by atoms with Crippen molar-refractivity contribution in [3.05, 3.63) is 47.3 Å². The number of rotatable bonds is 5. The zero-order valence-electron chi connectivity index (χ0n) is 21.9. The van der Waals surface area contributed by atoms with E-state index in [0.29, 0.717) is 24.4 Å². The third kappa shape index (κ3) is 6.17. The average molecular weight is 503 g/mol. The van der Waals surface area contributed by atoms with Crippen molar-refractivity contribution in [3.8, 4) is 6.07 Å². The maximum absolute atomic E-state index is 12.3. The number of nitriles is 1. The smallest absolute Gasteiger partial charge is 0.410 e. The standard InChI is InChI=1S/C27H34N8O2/c1-27(2,3)37-26(36)34-11-7-23(8-12-34)35-17-22(16-32-35)30-9-5-24(31-18-29)20-13-19-6-10-33(4)25(19)21(14-20)15-28/h5,9,13-14,16-18,23H,6-8,10-12H2,1-4H3,(H2,29,31)/b24-5-,30-9?. The minimum atomic E-state index is -0.498. The van der Waals surface area contributed by atoms with Crippen molar-refractivity contribution in [2.24, 2.45) is 15.7 Å². The molecule has 0 spiro atoms. The third-order valence-corrected chi connectivity index (χ3v) is 6.45. The number of hydrogen-bond donors (Lipinski definition) is 1. The Hall–Kier alpha value is -4.13. The number of hydrogen-bond acceptors (Lipinski definition) is 7. The van der Waals surface area contributed by atoms with Crippen LogP contribution in [-0.2, 0) is 11.2 Å². The maximum atomic E-state index is 12.3. The van der Waals surface area contributed by atoms with Gasteiger partial charge in [-0.1, -0.05) is 0 Å². The summed E-state index contributed by atoms with van der Waals surface area (Å²) < 4.78 is 7.39. The number of fused-ring (bicyclic) bond motifs is 1. The van der Waals surface area contributed by atoms with Gasteiger partial charge >= 0.3 is 6.09 Å². The molecule has 1 saturated heterocycles. The Morgan fingerprint density at radius 3 is 2.70 bits per heavy atom. The molecule has 0 bridgehead atoms. The summed E-state index contributed by atoms with van der Waals surface area (Å²) in [6.45, 7) is 7.76. The molecule has 37 heavy (non-hydrogen) atoms. The molecule has 3 heterocycles. The first-order valence-corrected chi connectivity index (χ1v) is 12.5. The number of aliphatic imine (C=N–C) groups is 2. The van der Waals surface area contributed by atoms with E-state index < -0.39 is 5.60 Å². The number of anilines is 1. The number of nitrogens with zero attached hydrogens (tertiary/aromatic N) is 7. The molecule has 2 aliphatic heterocycles. The van der Waals surface area contributed by atoms with E-state index in [1.807, 2.05) is 44.8 Å². The molecule has 1 amide bonds. The van der Waals surface area contributed by atoms with Crippen LogP contribution in [0.3, 0.4) is 0 Å². The van der Waals surface area contributed by atoms with E-state index in [1.165, 1.54) is 6.34 Å². The molecule has 10 heteroatoms. The van der Waals surface area contributed by atoms with Gasteiger partial charge in [0.25, 0.3) is 0 Å². The van der Waals surface area contributed by atoms with Gasteiger partial charge in [-0.3, -0.25) is 9.67 Å². The zero-order valence-corrected chi connectivity index (χ0v) is 21.9. The topological polar surface area (TPSA) is 125 Å². The van der Waals surface area contributed by atoms with Gasteiger partial charge in [0.05, 0.1) is 41.7 Å². The molecule has 4 rings (SSSR count). The Morgan fingerprint density at radius 2 is 2.03 bits per heavy atom. The highest BCUT2D eigenvalue weighted by molar-refractivity contribution is 5.88. The second kappa shape index (κ2) is 10.9. The van der Waals surface area contributed by atoms with Crippen LogP contribution in [0.5, 0.6) is 0 Å². The predicted molar refractivity (Wildman–Crippen MR) is 145 cm³/mol. The quantitative estimate of drug-likeness (QED) is 0.486. The van der Waals surface area contributed by atoms with Crippen LogP contribution in [0.1, 0.15) is 56.3 Å². The number of likely N-dealkylation sites (tertiary alicyclic amines) is 1. The van der Waals surface area contributed by atoms with Crippen molar-refractivity contribution in [2.75, 3.05) is 31.6 Å². The summed E-state index contributed by atoms with van der Waals surface area (Å²) in [5, 5.41) is 14.1. The van der Waals surface area contributed by atoms with Crippen LogP contribution in [0.2, 0.25) is 0 Å². The molecule has 2 aliphatic rings. The van der Waals surface area contributed by atoms with Gasteiger partial charge in [0.1, 0.15) is 17.4 Å². The molecular weight excluding hydrogens is 468 g/mol. The second-order valence-corrected chi connectivity index (χ2v) is 10.3. The normalized spacial score (nSPS) is 17.0. The van der Waals surface area contributed by atoms with Gasteiger partial charge in [0, 0.05) is 38.5 Å². The Balaban J connectivity index is 1.43. The molecule has 2 N–H and O–H groups in total.